The zero-order chi connectivity index (χ0) is 6.85. The molecule has 0 radical (unpaired) electrons. The lowest BCUT2D eigenvalue weighted by Crippen LogP contribution is -1.88. The number of hydrogen-bond donors (Lipinski definition) is 0. The highest BCUT2D eigenvalue weighted by Crippen LogP contribution is 2.24. The molecule has 1 rings (SSSR count). The quantitative estimate of drug-likeness (QED) is 0.484. The van der Waals surface area contributed by atoms with Crippen LogP contribution in [0.2, 0.25) is 0 Å². The van der Waals surface area contributed by atoms with Crippen LogP contribution in [0.5, 0.6) is 0 Å². The molecule has 0 aromatic rings. The van der Waals surface area contributed by atoms with Crippen LogP contribution in [0.3, 0.4) is 0 Å². The van der Waals surface area contributed by atoms with Crippen LogP contribution < -0.4 is 0 Å². The van der Waals surface area contributed by atoms with E-state index in [-0.39, 0.29) is 0 Å². The second-order valence-corrected chi connectivity index (χ2v) is 3.04. The lowest BCUT2D eigenvalue weighted by atomic mass is 10.1. The van der Waals surface area contributed by atoms with E-state index >= 15 is 0 Å². The first-order valence-corrected chi connectivity index (χ1v) is 3.49. The Hall–Kier alpha value is -0.460. The van der Waals surface area contributed by atoms with Crippen LogP contribution in [0.15, 0.2) is 11.3 Å². The van der Waals surface area contributed by atoms with Gasteiger partial charge in [0.05, 0.1) is 12.4 Å². The average Bonchev–Trinajstić information content (AvgIpc) is 2.14. The van der Waals surface area contributed by atoms with Gasteiger partial charge in [-0.05, 0) is 25.3 Å². The maximum atomic E-state index is 5.41. The first kappa shape index (κ1) is 6.66. The largest absolute Gasteiger partial charge is 0.498 e. The van der Waals surface area contributed by atoms with Crippen LogP contribution in [0.25, 0.3) is 0 Å². The first-order valence-electron chi connectivity index (χ1n) is 3.49. The Morgan fingerprint density at radius 2 is 2.22 bits per heavy atom. The predicted molar refractivity (Wildman–Crippen MR) is 38.1 cm³/mol. The molecule has 1 unspecified atom stereocenters. The van der Waals surface area contributed by atoms with E-state index in [9.17, 15) is 0 Å². The van der Waals surface area contributed by atoms with Crippen molar-refractivity contribution in [2.24, 2.45) is 5.92 Å². The average molecular weight is 126 g/mol. The molecule has 1 fully saturated rings. The van der Waals surface area contributed by atoms with Gasteiger partial charge in [-0.15, -0.1) is 0 Å². The molecule has 0 aromatic heterocycles. The van der Waals surface area contributed by atoms with E-state index in [1.54, 1.807) is 0 Å². The summed E-state index contributed by atoms with van der Waals surface area (Å²) in [4.78, 5) is 0. The van der Waals surface area contributed by atoms with Gasteiger partial charge in [0, 0.05) is 6.42 Å². The van der Waals surface area contributed by atoms with Crippen LogP contribution in [-0.4, -0.2) is 6.61 Å². The van der Waals surface area contributed by atoms with Gasteiger partial charge in [0.25, 0.3) is 0 Å². The highest BCUT2D eigenvalue weighted by Gasteiger charge is 2.16. The van der Waals surface area contributed by atoms with Gasteiger partial charge in [-0.1, -0.05) is 6.92 Å². The summed E-state index contributed by atoms with van der Waals surface area (Å²) in [5.74, 6) is 1.94. The summed E-state index contributed by atoms with van der Waals surface area (Å²) in [6.07, 6.45) is 1.14. The minimum atomic E-state index is 0.731. The highest BCUT2D eigenvalue weighted by atomic mass is 16.5. The van der Waals surface area contributed by atoms with E-state index in [1.807, 2.05) is 0 Å². The van der Waals surface area contributed by atoms with E-state index in [0.29, 0.717) is 0 Å². The van der Waals surface area contributed by atoms with Crippen LogP contribution in [0.1, 0.15) is 27.2 Å². The van der Waals surface area contributed by atoms with Gasteiger partial charge < -0.3 is 4.74 Å². The zero-order valence-electron chi connectivity index (χ0n) is 6.40. The SMILES string of the molecule is CC(C)=C1CC(C)CO1. The Morgan fingerprint density at radius 1 is 1.56 bits per heavy atom. The molecule has 52 valence electrons. The summed E-state index contributed by atoms with van der Waals surface area (Å²) < 4.78 is 5.41. The van der Waals surface area contributed by atoms with Crippen molar-refractivity contribution in [2.75, 3.05) is 6.61 Å². The Balaban J connectivity index is 2.58. The predicted octanol–water partition coefficient (Wildman–Crippen LogP) is 2.34. The molecular weight excluding hydrogens is 112 g/mol. The number of ether oxygens (including phenoxy) is 1. The van der Waals surface area contributed by atoms with Crippen molar-refractivity contribution in [1.82, 2.24) is 0 Å². The maximum absolute atomic E-state index is 5.41. The number of rotatable bonds is 0. The van der Waals surface area contributed by atoms with Crippen LogP contribution in [-0.2, 0) is 4.74 Å². The standard InChI is InChI=1S/C8H14O/c1-6(2)8-4-7(3)5-9-8/h7H,4-5H2,1-3H3. The first-order chi connectivity index (χ1) is 4.20. The van der Waals surface area contributed by atoms with E-state index < -0.39 is 0 Å². The highest BCUT2D eigenvalue weighted by molar-refractivity contribution is 5.05. The molecule has 0 spiro atoms. The smallest absolute Gasteiger partial charge is 0.0950 e. The minimum absolute atomic E-state index is 0.731. The van der Waals surface area contributed by atoms with Crippen molar-refractivity contribution >= 4 is 0 Å². The summed E-state index contributed by atoms with van der Waals surface area (Å²) in [6, 6.07) is 0. The maximum Gasteiger partial charge on any atom is 0.0950 e. The molecule has 9 heavy (non-hydrogen) atoms. The molecule has 0 aromatic carbocycles. The lowest BCUT2D eigenvalue weighted by molar-refractivity contribution is 0.242. The number of hydrogen-bond acceptors (Lipinski definition) is 1. The molecular formula is C8H14O. The van der Waals surface area contributed by atoms with Crippen LogP contribution >= 0.6 is 0 Å². The fraction of sp³-hybridized carbons (Fsp3) is 0.750. The third-order valence-corrected chi connectivity index (χ3v) is 1.63. The van der Waals surface area contributed by atoms with E-state index in [1.165, 1.54) is 11.3 Å². The summed E-state index contributed by atoms with van der Waals surface area (Å²) in [5.41, 5.74) is 1.33. The molecule has 1 nitrogen and oxygen atoms in total. The molecule has 0 aliphatic carbocycles. The summed E-state index contributed by atoms with van der Waals surface area (Å²) in [5, 5.41) is 0. The molecule has 1 saturated heterocycles. The molecule has 1 heterocycles. The van der Waals surface area contributed by atoms with Gasteiger partial charge >= 0.3 is 0 Å². The Kier molecular flexibility index (Phi) is 1.79. The van der Waals surface area contributed by atoms with Crippen molar-refractivity contribution in [3.8, 4) is 0 Å². The van der Waals surface area contributed by atoms with Crippen molar-refractivity contribution < 1.29 is 4.74 Å². The van der Waals surface area contributed by atoms with Crippen molar-refractivity contribution in [3.63, 3.8) is 0 Å². The van der Waals surface area contributed by atoms with Gasteiger partial charge in [0.2, 0.25) is 0 Å². The summed E-state index contributed by atoms with van der Waals surface area (Å²) in [6.45, 7) is 7.34. The minimum Gasteiger partial charge on any atom is -0.498 e. The van der Waals surface area contributed by atoms with Crippen LogP contribution in [0.4, 0.5) is 0 Å². The van der Waals surface area contributed by atoms with E-state index in [0.717, 1.165) is 18.9 Å². The molecule has 1 aliphatic rings. The summed E-state index contributed by atoms with van der Waals surface area (Å²) >= 11 is 0. The van der Waals surface area contributed by atoms with Gasteiger partial charge in [0.1, 0.15) is 0 Å². The third kappa shape index (κ3) is 1.47. The molecule has 0 amide bonds. The zero-order valence-corrected chi connectivity index (χ0v) is 6.40. The molecule has 0 saturated carbocycles. The Morgan fingerprint density at radius 3 is 2.44 bits per heavy atom. The molecule has 1 atom stereocenters. The second-order valence-electron chi connectivity index (χ2n) is 3.04. The van der Waals surface area contributed by atoms with Crippen molar-refractivity contribution in [2.45, 2.75) is 27.2 Å². The second kappa shape index (κ2) is 2.42. The normalized spacial score (nSPS) is 26.1. The molecule has 0 N–H and O–H groups in total. The Labute approximate surface area is 56.7 Å². The topological polar surface area (TPSA) is 9.23 Å². The van der Waals surface area contributed by atoms with Gasteiger partial charge in [0.15, 0.2) is 0 Å². The lowest BCUT2D eigenvalue weighted by Gasteiger charge is -1.97. The van der Waals surface area contributed by atoms with Gasteiger partial charge in [-0.2, -0.15) is 0 Å². The molecule has 1 heteroatoms. The molecule has 1 aliphatic heterocycles. The van der Waals surface area contributed by atoms with Crippen molar-refractivity contribution in [3.05, 3.63) is 11.3 Å². The van der Waals surface area contributed by atoms with Crippen molar-refractivity contribution in [1.29, 1.82) is 0 Å². The monoisotopic (exact) mass is 126 g/mol. The van der Waals surface area contributed by atoms with E-state index in [2.05, 4.69) is 20.8 Å². The van der Waals surface area contributed by atoms with Crippen LogP contribution in [0, 0.1) is 5.92 Å². The third-order valence-electron chi connectivity index (χ3n) is 1.63. The Bertz CT molecular complexity index is 132. The summed E-state index contributed by atoms with van der Waals surface area (Å²) in [7, 11) is 0. The van der Waals surface area contributed by atoms with Gasteiger partial charge in [-0.25, -0.2) is 0 Å². The fourth-order valence-electron chi connectivity index (χ4n) is 1.03. The fourth-order valence-corrected chi connectivity index (χ4v) is 1.03. The number of allylic oxidation sites excluding steroid dienone is 2. The van der Waals surface area contributed by atoms with Gasteiger partial charge in [-0.3, -0.25) is 0 Å². The molecule has 0 bridgehead atoms. The van der Waals surface area contributed by atoms with E-state index in [4.69, 9.17) is 4.74 Å².